The molecule has 0 unspecified atom stereocenters. The van der Waals surface area contributed by atoms with Crippen molar-refractivity contribution in [1.82, 2.24) is 0 Å². The van der Waals surface area contributed by atoms with Crippen molar-refractivity contribution in [3.63, 3.8) is 0 Å². The molecule has 1 aliphatic heterocycles. The topological polar surface area (TPSA) is 57.2 Å². The minimum absolute atomic E-state index is 0.178. The lowest BCUT2D eigenvalue weighted by molar-refractivity contribution is -0.233. The molecule has 1 aliphatic rings. The number of aliphatic hydroxyl groups is 1. The van der Waals surface area contributed by atoms with Crippen molar-refractivity contribution in [2.45, 2.75) is 82.7 Å². The van der Waals surface area contributed by atoms with Crippen LogP contribution in [0.15, 0.2) is 121 Å². The van der Waals surface area contributed by atoms with Crippen LogP contribution in [0.5, 0.6) is 0 Å². The number of hydrogen-bond acceptors (Lipinski definition) is 5. The number of ether oxygens (including phenoxy) is 3. The van der Waals surface area contributed by atoms with Crippen molar-refractivity contribution in [3.05, 3.63) is 132 Å². The van der Waals surface area contributed by atoms with Gasteiger partial charge in [0, 0.05) is 13.0 Å². The molecule has 238 valence electrons. The zero-order chi connectivity index (χ0) is 31.8. The molecule has 1 fully saturated rings. The van der Waals surface area contributed by atoms with Crippen LogP contribution in [0.1, 0.15) is 51.7 Å². The van der Waals surface area contributed by atoms with E-state index in [9.17, 15) is 5.11 Å². The molecule has 0 amide bonds. The zero-order valence-corrected chi connectivity index (χ0v) is 28.1. The molecule has 4 aromatic rings. The molecule has 1 heterocycles. The summed E-state index contributed by atoms with van der Waals surface area (Å²) in [5.74, 6) is 0. The number of rotatable bonds is 13. The second kappa shape index (κ2) is 15.0. The Labute approximate surface area is 270 Å². The molecule has 0 saturated carbocycles. The molecule has 45 heavy (non-hydrogen) atoms. The molecule has 0 bridgehead atoms. The van der Waals surface area contributed by atoms with Crippen molar-refractivity contribution in [2.75, 3.05) is 13.2 Å². The van der Waals surface area contributed by atoms with Gasteiger partial charge in [-0.3, -0.25) is 0 Å². The predicted octanol–water partition coefficient (Wildman–Crippen LogP) is 6.66. The lowest BCUT2D eigenvalue weighted by atomic mass is 9.86. The monoisotopic (exact) mass is 624 g/mol. The predicted molar refractivity (Wildman–Crippen MR) is 183 cm³/mol. The van der Waals surface area contributed by atoms with Crippen molar-refractivity contribution in [1.29, 1.82) is 0 Å². The van der Waals surface area contributed by atoms with Gasteiger partial charge in [0.15, 0.2) is 0 Å². The minimum Gasteiger partial charge on any atom is -0.405 e. The summed E-state index contributed by atoms with van der Waals surface area (Å²) in [4.78, 5) is 0. The van der Waals surface area contributed by atoms with Crippen LogP contribution in [-0.2, 0) is 31.9 Å². The fourth-order valence-electron chi connectivity index (χ4n) is 6.46. The van der Waals surface area contributed by atoms with Gasteiger partial charge >= 0.3 is 0 Å². The largest absolute Gasteiger partial charge is 0.405 e. The lowest BCUT2D eigenvalue weighted by Gasteiger charge is -2.48. The third-order valence-corrected chi connectivity index (χ3v) is 13.9. The highest BCUT2D eigenvalue weighted by Crippen LogP contribution is 2.39. The summed E-state index contributed by atoms with van der Waals surface area (Å²) in [6.07, 6.45) is 0.0210. The highest BCUT2D eigenvalue weighted by Gasteiger charge is 2.52. The summed E-state index contributed by atoms with van der Waals surface area (Å²) in [7, 11) is -2.81. The summed E-state index contributed by atoms with van der Waals surface area (Å²) in [5, 5.41) is 14.1. The van der Waals surface area contributed by atoms with Gasteiger partial charge < -0.3 is 23.7 Å². The molecule has 6 heteroatoms. The summed E-state index contributed by atoms with van der Waals surface area (Å²) in [6, 6.07) is 41.5. The zero-order valence-electron chi connectivity index (χ0n) is 27.1. The first kappa shape index (κ1) is 33.3. The van der Waals surface area contributed by atoms with Gasteiger partial charge in [-0.25, -0.2) is 0 Å². The maximum Gasteiger partial charge on any atom is 0.261 e. The average Bonchev–Trinajstić information content (AvgIpc) is 3.05. The molecule has 1 N–H and O–H groups in total. The van der Waals surface area contributed by atoms with Crippen LogP contribution in [0, 0.1) is 0 Å². The summed E-state index contributed by atoms with van der Waals surface area (Å²) < 4.78 is 26.5. The highest BCUT2D eigenvalue weighted by atomic mass is 28.4. The van der Waals surface area contributed by atoms with Crippen LogP contribution in [0.4, 0.5) is 0 Å². The highest BCUT2D eigenvalue weighted by molar-refractivity contribution is 6.99. The molecule has 4 atom stereocenters. The van der Waals surface area contributed by atoms with Gasteiger partial charge in [-0.15, -0.1) is 0 Å². The van der Waals surface area contributed by atoms with E-state index < -0.39 is 20.0 Å². The van der Waals surface area contributed by atoms with Crippen LogP contribution < -0.4 is 10.4 Å². The van der Waals surface area contributed by atoms with Crippen molar-refractivity contribution < 1.29 is 23.7 Å². The van der Waals surface area contributed by atoms with Gasteiger partial charge in [0.2, 0.25) is 0 Å². The molecule has 0 radical (unpaired) electrons. The van der Waals surface area contributed by atoms with Crippen LogP contribution in [-0.4, -0.2) is 50.6 Å². The van der Waals surface area contributed by atoms with E-state index >= 15 is 0 Å². The van der Waals surface area contributed by atoms with E-state index in [1.54, 1.807) is 0 Å². The Balaban J connectivity index is 1.36. The van der Waals surface area contributed by atoms with E-state index in [1.807, 2.05) is 55.5 Å². The standard InChI is InChI=1S/C39H48O5Si/c1-38(2,3)45(33-21-13-7-14-22-33,34-23-15-8-16-24-34)43-30-37-39(4,40)27-36(42-29-32-19-11-6-12-20-32)35(44-37)25-26-41-28-31-17-9-5-10-18-31/h5-24,35-37,40H,25-30H2,1-4H3/t35-,36+,37+,39+/m0/s1. The Morgan fingerprint density at radius 1 is 0.756 bits per heavy atom. The second-order valence-corrected chi connectivity index (χ2v) is 17.7. The minimum atomic E-state index is -2.81. The first-order chi connectivity index (χ1) is 21.7. The molecule has 0 aromatic heterocycles. The SMILES string of the molecule is CC(C)(C)[Si](OC[C@H]1O[C@@H](CCOCc2ccccc2)[C@H](OCc2ccccc2)C[C@@]1(C)O)(c1ccccc1)c1ccccc1. The van der Waals surface area contributed by atoms with E-state index in [4.69, 9.17) is 18.6 Å². The van der Waals surface area contributed by atoms with Crippen LogP contribution >= 0.6 is 0 Å². The molecular weight excluding hydrogens is 577 g/mol. The van der Waals surface area contributed by atoms with Crippen molar-refractivity contribution in [2.24, 2.45) is 0 Å². The lowest BCUT2D eigenvalue weighted by Crippen LogP contribution is -2.68. The van der Waals surface area contributed by atoms with Gasteiger partial charge in [0.05, 0.1) is 37.6 Å². The van der Waals surface area contributed by atoms with Crippen LogP contribution in [0.25, 0.3) is 0 Å². The van der Waals surface area contributed by atoms with E-state index in [-0.39, 0.29) is 23.9 Å². The molecule has 4 aromatic carbocycles. The van der Waals surface area contributed by atoms with E-state index in [2.05, 4.69) is 93.6 Å². The third kappa shape index (κ3) is 8.19. The van der Waals surface area contributed by atoms with Crippen molar-refractivity contribution >= 4 is 18.7 Å². The summed E-state index contributed by atoms with van der Waals surface area (Å²) in [5.41, 5.74) is 1.08. The third-order valence-electron chi connectivity index (χ3n) is 8.90. The molecule has 5 rings (SSSR count). The Hall–Kier alpha value is -3.10. The Morgan fingerprint density at radius 2 is 1.24 bits per heavy atom. The van der Waals surface area contributed by atoms with E-state index in [0.29, 0.717) is 32.7 Å². The Bertz CT molecular complexity index is 1380. The molecular formula is C39H48O5Si. The Kier molecular flexibility index (Phi) is 11.1. The second-order valence-electron chi connectivity index (χ2n) is 13.4. The van der Waals surface area contributed by atoms with Gasteiger partial charge in [0.1, 0.15) is 6.10 Å². The smallest absolute Gasteiger partial charge is 0.261 e. The number of hydrogen-bond donors (Lipinski definition) is 1. The molecule has 1 saturated heterocycles. The van der Waals surface area contributed by atoms with Crippen LogP contribution in [0.2, 0.25) is 5.04 Å². The van der Waals surface area contributed by atoms with E-state index in [0.717, 1.165) is 11.1 Å². The quantitative estimate of drug-likeness (QED) is 0.133. The number of benzene rings is 4. The maximum atomic E-state index is 11.9. The van der Waals surface area contributed by atoms with Gasteiger partial charge in [0.25, 0.3) is 8.32 Å². The van der Waals surface area contributed by atoms with Crippen LogP contribution in [0.3, 0.4) is 0 Å². The maximum absolute atomic E-state index is 11.9. The molecule has 0 spiro atoms. The first-order valence-electron chi connectivity index (χ1n) is 16.1. The Morgan fingerprint density at radius 3 is 1.76 bits per heavy atom. The molecule has 5 nitrogen and oxygen atoms in total. The fraction of sp³-hybridized carbons (Fsp3) is 0.385. The summed E-state index contributed by atoms with van der Waals surface area (Å²) >= 11 is 0. The average molecular weight is 625 g/mol. The molecule has 0 aliphatic carbocycles. The normalized spacial score (nSPS) is 22.3. The van der Waals surface area contributed by atoms with Gasteiger partial charge in [-0.05, 0) is 39.9 Å². The van der Waals surface area contributed by atoms with E-state index in [1.165, 1.54) is 10.4 Å². The van der Waals surface area contributed by atoms with Gasteiger partial charge in [-0.2, -0.15) is 0 Å². The summed E-state index contributed by atoms with van der Waals surface area (Å²) in [6.45, 7) is 10.4. The fourth-order valence-corrected chi connectivity index (χ4v) is 11.0. The van der Waals surface area contributed by atoms with Crippen molar-refractivity contribution in [3.8, 4) is 0 Å². The van der Waals surface area contributed by atoms with Gasteiger partial charge in [-0.1, -0.05) is 142 Å². The first-order valence-corrected chi connectivity index (χ1v) is 18.0.